The SMILES string of the molecule is CC1(C)OB(c2ccc3c(c2)N(c2ccncc2)C(=O)C3)OC1(C)C. The molecule has 5 nitrogen and oxygen atoms in total. The zero-order valence-electron chi connectivity index (χ0n) is 14.9. The summed E-state index contributed by atoms with van der Waals surface area (Å²) < 4.78 is 12.3. The van der Waals surface area contributed by atoms with Gasteiger partial charge in [0.1, 0.15) is 0 Å². The van der Waals surface area contributed by atoms with Crippen molar-refractivity contribution < 1.29 is 14.1 Å². The minimum Gasteiger partial charge on any atom is -0.399 e. The van der Waals surface area contributed by atoms with Crippen LogP contribution >= 0.6 is 0 Å². The predicted molar refractivity (Wildman–Crippen MR) is 97.2 cm³/mol. The number of hydrogen-bond donors (Lipinski definition) is 0. The van der Waals surface area contributed by atoms with Gasteiger partial charge in [-0.2, -0.15) is 0 Å². The highest BCUT2D eigenvalue weighted by Gasteiger charge is 2.52. The van der Waals surface area contributed by atoms with Crippen LogP contribution in [0.2, 0.25) is 0 Å². The molecule has 25 heavy (non-hydrogen) atoms. The highest BCUT2D eigenvalue weighted by molar-refractivity contribution is 6.62. The van der Waals surface area contributed by atoms with Gasteiger partial charge in [0.05, 0.1) is 29.0 Å². The fourth-order valence-electron chi connectivity index (χ4n) is 3.22. The van der Waals surface area contributed by atoms with E-state index in [1.54, 1.807) is 17.3 Å². The Balaban J connectivity index is 1.72. The average Bonchev–Trinajstić information content (AvgIpc) is 2.99. The van der Waals surface area contributed by atoms with Crippen LogP contribution in [0.3, 0.4) is 0 Å². The summed E-state index contributed by atoms with van der Waals surface area (Å²) in [6.45, 7) is 8.14. The molecule has 1 saturated heterocycles. The molecule has 2 aliphatic rings. The van der Waals surface area contributed by atoms with Crippen molar-refractivity contribution in [3.8, 4) is 0 Å². The Kier molecular flexibility index (Phi) is 3.53. The van der Waals surface area contributed by atoms with Crippen LogP contribution in [-0.2, 0) is 20.5 Å². The Hall–Kier alpha value is -2.18. The number of aromatic nitrogens is 1. The quantitative estimate of drug-likeness (QED) is 0.791. The molecule has 0 atom stereocenters. The van der Waals surface area contributed by atoms with Crippen LogP contribution in [-0.4, -0.2) is 29.2 Å². The first-order chi connectivity index (χ1) is 11.8. The summed E-state index contributed by atoms with van der Waals surface area (Å²) in [5.41, 5.74) is 2.87. The van der Waals surface area contributed by atoms with Gasteiger partial charge in [-0.05, 0) is 56.9 Å². The first-order valence-electron chi connectivity index (χ1n) is 8.50. The molecule has 1 aromatic heterocycles. The van der Waals surface area contributed by atoms with Crippen molar-refractivity contribution >= 4 is 29.9 Å². The largest absolute Gasteiger partial charge is 0.494 e. The number of hydrogen-bond acceptors (Lipinski definition) is 4. The zero-order chi connectivity index (χ0) is 17.8. The molecule has 1 fully saturated rings. The Morgan fingerprint density at radius 3 is 2.32 bits per heavy atom. The summed E-state index contributed by atoms with van der Waals surface area (Å²) >= 11 is 0. The average molecular weight is 336 g/mol. The second kappa shape index (κ2) is 5.41. The summed E-state index contributed by atoms with van der Waals surface area (Å²) in [6.07, 6.45) is 3.79. The van der Waals surface area contributed by atoms with Crippen LogP contribution in [0, 0.1) is 0 Å². The summed E-state index contributed by atoms with van der Waals surface area (Å²) in [7, 11) is -0.440. The number of carbonyl (C=O) groups excluding carboxylic acids is 1. The molecule has 0 saturated carbocycles. The molecule has 0 N–H and O–H groups in total. The second-order valence-electron chi connectivity index (χ2n) is 7.59. The molecular formula is C19H21BN2O3. The predicted octanol–water partition coefficient (Wildman–Crippen LogP) is 2.60. The standard InChI is InChI=1S/C19H21BN2O3/c1-18(2)19(3,4)25-20(24-18)14-6-5-13-11-17(23)22(16(13)12-14)15-7-9-21-10-8-15/h5-10,12H,11H2,1-4H3. The lowest BCUT2D eigenvalue weighted by atomic mass is 9.78. The third-order valence-electron chi connectivity index (χ3n) is 5.39. The van der Waals surface area contributed by atoms with Crippen LogP contribution in [0.5, 0.6) is 0 Å². The van der Waals surface area contributed by atoms with Crippen molar-refractivity contribution in [1.82, 2.24) is 4.98 Å². The summed E-state index contributed by atoms with van der Waals surface area (Å²) in [4.78, 5) is 18.3. The maximum absolute atomic E-state index is 12.5. The topological polar surface area (TPSA) is 51.7 Å². The van der Waals surface area contributed by atoms with E-state index in [1.807, 2.05) is 58.0 Å². The minimum absolute atomic E-state index is 0.0623. The van der Waals surface area contributed by atoms with E-state index in [9.17, 15) is 4.79 Å². The highest BCUT2D eigenvalue weighted by atomic mass is 16.7. The number of amides is 1. The van der Waals surface area contributed by atoms with E-state index >= 15 is 0 Å². The molecule has 0 unspecified atom stereocenters. The molecule has 0 bridgehead atoms. The molecule has 1 aromatic carbocycles. The molecule has 3 heterocycles. The minimum atomic E-state index is -0.440. The summed E-state index contributed by atoms with van der Waals surface area (Å²) in [6, 6.07) is 9.67. The molecule has 2 aliphatic heterocycles. The molecule has 128 valence electrons. The Morgan fingerprint density at radius 1 is 1.04 bits per heavy atom. The number of nitrogens with zero attached hydrogens (tertiary/aromatic N) is 2. The van der Waals surface area contributed by atoms with E-state index < -0.39 is 18.3 Å². The lowest BCUT2D eigenvalue weighted by Crippen LogP contribution is -2.41. The zero-order valence-corrected chi connectivity index (χ0v) is 14.9. The van der Waals surface area contributed by atoms with E-state index in [-0.39, 0.29) is 5.91 Å². The normalized spacial score (nSPS) is 20.9. The molecular weight excluding hydrogens is 315 g/mol. The van der Waals surface area contributed by atoms with Gasteiger partial charge in [0.2, 0.25) is 5.91 Å². The lowest BCUT2D eigenvalue weighted by Gasteiger charge is -2.32. The van der Waals surface area contributed by atoms with E-state index in [0.29, 0.717) is 6.42 Å². The van der Waals surface area contributed by atoms with Crippen molar-refractivity contribution in [3.63, 3.8) is 0 Å². The van der Waals surface area contributed by atoms with Crippen LogP contribution in [0.4, 0.5) is 11.4 Å². The Morgan fingerprint density at radius 2 is 1.68 bits per heavy atom. The van der Waals surface area contributed by atoms with E-state index in [0.717, 1.165) is 22.4 Å². The molecule has 2 aromatic rings. The number of benzene rings is 1. The molecule has 0 radical (unpaired) electrons. The van der Waals surface area contributed by atoms with E-state index in [2.05, 4.69) is 4.98 Å². The van der Waals surface area contributed by atoms with Gasteiger partial charge in [-0.25, -0.2) is 0 Å². The Labute approximate surface area is 148 Å². The van der Waals surface area contributed by atoms with Crippen LogP contribution < -0.4 is 10.4 Å². The Bertz CT molecular complexity index is 820. The van der Waals surface area contributed by atoms with Crippen LogP contribution in [0.1, 0.15) is 33.3 Å². The van der Waals surface area contributed by atoms with Gasteiger partial charge in [-0.1, -0.05) is 12.1 Å². The number of rotatable bonds is 2. The van der Waals surface area contributed by atoms with Crippen LogP contribution in [0.25, 0.3) is 0 Å². The number of carbonyl (C=O) groups is 1. The van der Waals surface area contributed by atoms with Gasteiger partial charge in [-0.3, -0.25) is 14.7 Å². The number of fused-ring (bicyclic) bond motifs is 1. The van der Waals surface area contributed by atoms with Crippen molar-refractivity contribution in [2.45, 2.75) is 45.3 Å². The van der Waals surface area contributed by atoms with Gasteiger partial charge in [0.15, 0.2) is 0 Å². The van der Waals surface area contributed by atoms with Crippen molar-refractivity contribution in [2.24, 2.45) is 0 Å². The van der Waals surface area contributed by atoms with Gasteiger partial charge in [0, 0.05) is 12.4 Å². The molecule has 0 spiro atoms. The smallest absolute Gasteiger partial charge is 0.399 e. The van der Waals surface area contributed by atoms with Crippen LogP contribution in [0.15, 0.2) is 42.7 Å². The van der Waals surface area contributed by atoms with Gasteiger partial charge in [0.25, 0.3) is 0 Å². The number of pyridine rings is 1. The monoisotopic (exact) mass is 336 g/mol. The van der Waals surface area contributed by atoms with Gasteiger partial charge >= 0.3 is 7.12 Å². The molecule has 1 amide bonds. The fraction of sp³-hybridized carbons (Fsp3) is 0.368. The number of anilines is 2. The third-order valence-corrected chi connectivity index (χ3v) is 5.39. The van der Waals surface area contributed by atoms with Crippen molar-refractivity contribution in [2.75, 3.05) is 4.90 Å². The van der Waals surface area contributed by atoms with E-state index in [1.165, 1.54) is 0 Å². The maximum Gasteiger partial charge on any atom is 0.494 e. The fourth-order valence-corrected chi connectivity index (χ4v) is 3.22. The van der Waals surface area contributed by atoms with Gasteiger partial charge < -0.3 is 9.31 Å². The lowest BCUT2D eigenvalue weighted by molar-refractivity contribution is -0.116. The summed E-state index contributed by atoms with van der Waals surface area (Å²) in [5, 5.41) is 0. The van der Waals surface area contributed by atoms with E-state index in [4.69, 9.17) is 9.31 Å². The first-order valence-corrected chi connectivity index (χ1v) is 8.50. The molecule has 0 aliphatic carbocycles. The molecule has 6 heteroatoms. The summed E-state index contributed by atoms with van der Waals surface area (Å²) in [5.74, 6) is 0.0623. The van der Waals surface area contributed by atoms with Gasteiger partial charge in [-0.15, -0.1) is 0 Å². The third kappa shape index (κ3) is 2.57. The molecule has 4 rings (SSSR count). The van der Waals surface area contributed by atoms with Crippen molar-refractivity contribution in [1.29, 1.82) is 0 Å². The first kappa shape index (κ1) is 16.3. The second-order valence-corrected chi connectivity index (χ2v) is 7.59. The maximum atomic E-state index is 12.5. The van der Waals surface area contributed by atoms with Crippen molar-refractivity contribution in [3.05, 3.63) is 48.3 Å². The highest BCUT2D eigenvalue weighted by Crippen LogP contribution is 2.38.